The van der Waals surface area contributed by atoms with Crippen LogP contribution in [0.2, 0.25) is 0 Å². The van der Waals surface area contributed by atoms with Crippen molar-refractivity contribution in [3.8, 4) is 0 Å². The van der Waals surface area contributed by atoms with Gasteiger partial charge in [0.05, 0.1) is 5.92 Å². The number of carboxylic acid groups (broad SMARTS) is 1. The zero-order valence-corrected chi connectivity index (χ0v) is 12.3. The topological polar surface area (TPSA) is 86.7 Å². The van der Waals surface area contributed by atoms with Crippen molar-refractivity contribution in [3.05, 3.63) is 0 Å². The average molecular weight is 292 g/mol. The van der Waals surface area contributed by atoms with Crippen molar-refractivity contribution < 1.29 is 18.3 Å². The fourth-order valence-electron chi connectivity index (χ4n) is 2.24. The van der Waals surface area contributed by atoms with Crippen molar-refractivity contribution in [2.45, 2.75) is 45.4 Å². The monoisotopic (exact) mass is 292 g/mol. The predicted molar refractivity (Wildman–Crippen MR) is 73.0 cm³/mol. The zero-order valence-electron chi connectivity index (χ0n) is 11.5. The number of hydrogen-bond acceptors (Lipinski definition) is 3. The Bertz CT molecular complexity index is 375. The van der Waals surface area contributed by atoms with Crippen molar-refractivity contribution in [1.29, 1.82) is 0 Å². The Hall–Kier alpha value is -0.660. The number of hydrogen-bond donors (Lipinski definition) is 2. The number of nitrogens with one attached hydrogen (secondary N) is 1. The van der Waals surface area contributed by atoms with Crippen LogP contribution >= 0.6 is 0 Å². The van der Waals surface area contributed by atoms with Gasteiger partial charge in [-0.3, -0.25) is 4.79 Å². The first-order valence-electron chi connectivity index (χ1n) is 6.95. The van der Waals surface area contributed by atoms with Crippen LogP contribution in [0, 0.1) is 5.92 Å². The summed E-state index contributed by atoms with van der Waals surface area (Å²) in [7, 11) is -3.53. The molecular weight excluding hydrogens is 268 g/mol. The maximum atomic E-state index is 12.1. The first-order chi connectivity index (χ1) is 8.97. The molecule has 0 spiro atoms. The van der Waals surface area contributed by atoms with Crippen molar-refractivity contribution >= 4 is 16.2 Å². The minimum absolute atomic E-state index is 0.0258. The van der Waals surface area contributed by atoms with Crippen LogP contribution in [-0.2, 0) is 15.0 Å². The summed E-state index contributed by atoms with van der Waals surface area (Å²) in [6.07, 6.45) is 5.07. The molecule has 0 saturated carbocycles. The van der Waals surface area contributed by atoms with Gasteiger partial charge in [-0.25, -0.2) is 4.72 Å². The van der Waals surface area contributed by atoms with E-state index in [4.69, 9.17) is 5.11 Å². The minimum Gasteiger partial charge on any atom is -0.481 e. The van der Waals surface area contributed by atoms with Crippen LogP contribution in [0.15, 0.2) is 0 Å². The maximum absolute atomic E-state index is 12.1. The lowest BCUT2D eigenvalue weighted by molar-refractivity contribution is -0.141. The molecule has 1 fully saturated rings. The molecular formula is C12H24N2O4S. The van der Waals surface area contributed by atoms with Crippen LogP contribution in [0.25, 0.3) is 0 Å². The molecule has 1 saturated heterocycles. The molecule has 1 unspecified atom stereocenters. The minimum atomic E-state index is -3.53. The summed E-state index contributed by atoms with van der Waals surface area (Å²) in [4.78, 5) is 11.0. The highest BCUT2D eigenvalue weighted by molar-refractivity contribution is 7.87. The second-order valence-corrected chi connectivity index (χ2v) is 6.75. The summed E-state index contributed by atoms with van der Waals surface area (Å²) in [6, 6.07) is 0. The van der Waals surface area contributed by atoms with Crippen molar-refractivity contribution in [3.63, 3.8) is 0 Å². The van der Waals surface area contributed by atoms with Crippen LogP contribution in [0.4, 0.5) is 0 Å². The van der Waals surface area contributed by atoms with Crippen LogP contribution in [0.5, 0.6) is 0 Å². The van der Waals surface area contributed by atoms with E-state index < -0.39 is 22.1 Å². The Balaban J connectivity index is 2.55. The van der Waals surface area contributed by atoms with Gasteiger partial charge in [0.15, 0.2) is 0 Å². The molecule has 1 heterocycles. The average Bonchev–Trinajstić information content (AvgIpc) is 2.63. The normalized spacial score (nSPS) is 19.8. The highest BCUT2D eigenvalue weighted by Gasteiger charge is 2.25. The third kappa shape index (κ3) is 5.46. The largest absolute Gasteiger partial charge is 0.481 e. The molecule has 0 aromatic rings. The third-order valence-corrected chi connectivity index (χ3v) is 4.98. The smallest absolute Gasteiger partial charge is 0.307 e. The van der Waals surface area contributed by atoms with Gasteiger partial charge in [-0.1, -0.05) is 26.2 Å². The van der Waals surface area contributed by atoms with E-state index >= 15 is 0 Å². The SMILES string of the molecule is CCCC(CNS(=O)(=O)N1CCCCCC1)C(=O)O. The van der Waals surface area contributed by atoms with Crippen LogP contribution < -0.4 is 4.72 Å². The Morgan fingerprint density at radius 1 is 1.26 bits per heavy atom. The van der Waals surface area contributed by atoms with E-state index in [2.05, 4.69) is 4.72 Å². The second kappa shape index (κ2) is 7.81. The Kier molecular flexibility index (Phi) is 6.74. The first-order valence-corrected chi connectivity index (χ1v) is 8.39. The molecule has 1 aliphatic heterocycles. The number of carbonyl (C=O) groups is 1. The van der Waals surface area contributed by atoms with Gasteiger partial charge in [0.2, 0.25) is 0 Å². The summed E-state index contributed by atoms with van der Waals surface area (Å²) in [5.41, 5.74) is 0. The van der Waals surface area contributed by atoms with Gasteiger partial charge in [0, 0.05) is 19.6 Å². The molecule has 0 aromatic heterocycles. The summed E-state index contributed by atoms with van der Waals surface area (Å²) in [5, 5.41) is 9.01. The molecule has 6 nitrogen and oxygen atoms in total. The lowest BCUT2D eigenvalue weighted by Crippen LogP contribution is -2.43. The zero-order chi connectivity index (χ0) is 14.3. The third-order valence-electron chi connectivity index (χ3n) is 3.40. The van der Waals surface area contributed by atoms with E-state index in [0.717, 1.165) is 32.1 Å². The van der Waals surface area contributed by atoms with Crippen LogP contribution in [-0.4, -0.2) is 43.4 Å². The van der Waals surface area contributed by atoms with E-state index in [1.54, 1.807) is 0 Å². The van der Waals surface area contributed by atoms with Crippen molar-refractivity contribution in [1.82, 2.24) is 9.03 Å². The molecule has 19 heavy (non-hydrogen) atoms. The molecule has 2 N–H and O–H groups in total. The summed E-state index contributed by atoms with van der Waals surface area (Å²) >= 11 is 0. The summed E-state index contributed by atoms with van der Waals surface area (Å²) < 4.78 is 28.1. The van der Waals surface area contributed by atoms with E-state index in [1.807, 2.05) is 6.92 Å². The molecule has 0 amide bonds. The van der Waals surface area contributed by atoms with Gasteiger partial charge in [0.1, 0.15) is 0 Å². The van der Waals surface area contributed by atoms with Gasteiger partial charge in [-0.15, -0.1) is 0 Å². The first kappa shape index (κ1) is 16.4. The Labute approximate surface area is 115 Å². The van der Waals surface area contributed by atoms with Gasteiger partial charge in [-0.05, 0) is 19.3 Å². The number of carboxylic acids is 1. The highest BCUT2D eigenvalue weighted by Crippen LogP contribution is 2.13. The Morgan fingerprint density at radius 3 is 2.32 bits per heavy atom. The molecule has 112 valence electrons. The fraction of sp³-hybridized carbons (Fsp3) is 0.917. The van der Waals surface area contributed by atoms with Gasteiger partial charge in [-0.2, -0.15) is 12.7 Å². The molecule has 1 atom stereocenters. The van der Waals surface area contributed by atoms with Crippen molar-refractivity contribution in [2.24, 2.45) is 5.92 Å². The summed E-state index contributed by atoms with van der Waals surface area (Å²) in [5.74, 6) is -1.59. The quantitative estimate of drug-likeness (QED) is 0.738. The van der Waals surface area contributed by atoms with E-state index in [0.29, 0.717) is 19.5 Å². The van der Waals surface area contributed by atoms with Crippen LogP contribution in [0.3, 0.4) is 0 Å². The van der Waals surface area contributed by atoms with Gasteiger partial charge >= 0.3 is 5.97 Å². The lowest BCUT2D eigenvalue weighted by Gasteiger charge is -2.21. The fourth-order valence-corrected chi connectivity index (χ4v) is 3.57. The van der Waals surface area contributed by atoms with Gasteiger partial charge in [0.25, 0.3) is 10.2 Å². The van der Waals surface area contributed by atoms with Crippen LogP contribution in [0.1, 0.15) is 45.4 Å². The molecule has 0 radical (unpaired) electrons. The van der Waals surface area contributed by atoms with Gasteiger partial charge < -0.3 is 5.11 Å². The number of nitrogens with zero attached hydrogens (tertiary/aromatic N) is 1. The molecule has 0 aromatic carbocycles. The summed E-state index contributed by atoms with van der Waals surface area (Å²) in [6.45, 7) is 2.92. The van der Waals surface area contributed by atoms with E-state index in [1.165, 1.54) is 4.31 Å². The lowest BCUT2D eigenvalue weighted by atomic mass is 10.1. The highest BCUT2D eigenvalue weighted by atomic mass is 32.2. The number of aliphatic carboxylic acids is 1. The number of rotatable bonds is 7. The molecule has 7 heteroatoms. The van der Waals surface area contributed by atoms with E-state index in [-0.39, 0.29) is 6.54 Å². The molecule has 0 bridgehead atoms. The van der Waals surface area contributed by atoms with Crippen molar-refractivity contribution in [2.75, 3.05) is 19.6 Å². The second-order valence-electron chi connectivity index (χ2n) is 4.99. The van der Waals surface area contributed by atoms with E-state index in [9.17, 15) is 13.2 Å². The molecule has 1 aliphatic rings. The predicted octanol–water partition coefficient (Wildman–Crippen LogP) is 1.20. The standard InChI is InChI=1S/C12H24N2O4S/c1-2-7-11(12(15)16)10-13-19(17,18)14-8-5-3-4-6-9-14/h11,13H,2-10H2,1H3,(H,15,16). The Morgan fingerprint density at radius 2 is 1.84 bits per heavy atom. The molecule has 1 rings (SSSR count). The maximum Gasteiger partial charge on any atom is 0.307 e. The molecule has 0 aliphatic carbocycles.